The van der Waals surface area contributed by atoms with Crippen molar-refractivity contribution in [2.45, 2.75) is 51.0 Å². The van der Waals surface area contributed by atoms with E-state index in [4.69, 9.17) is 9.47 Å². The number of ether oxygens (including phenoxy) is 2. The summed E-state index contributed by atoms with van der Waals surface area (Å²) in [6, 6.07) is 6.45. The molecule has 1 aromatic rings. The second kappa shape index (κ2) is 8.28. The van der Waals surface area contributed by atoms with Gasteiger partial charge in [0.05, 0.1) is 14.2 Å². The fourth-order valence-corrected chi connectivity index (χ4v) is 3.55. The van der Waals surface area contributed by atoms with Gasteiger partial charge in [-0.2, -0.15) is 0 Å². The van der Waals surface area contributed by atoms with Crippen LogP contribution in [0.1, 0.15) is 56.6 Å². The lowest BCUT2D eigenvalue weighted by atomic mass is 9.82. The molecule has 0 bridgehead atoms. The molecule has 3 nitrogen and oxygen atoms in total. The highest BCUT2D eigenvalue weighted by atomic mass is 16.5. The number of rotatable bonds is 5. The second-order valence-corrected chi connectivity index (χ2v) is 5.98. The zero-order chi connectivity index (χ0) is 15.1. The Labute approximate surface area is 129 Å². The first kappa shape index (κ1) is 16.2. The van der Waals surface area contributed by atoms with Gasteiger partial charge >= 0.3 is 0 Å². The van der Waals surface area contributed by atoms with Crippen molar-refractivity contribution < 1.29 is 9.47 Å². The number of methoxy groups -OCH3 is 2. The molecule has 1 fully saturated rings. The van der Waals surface area contributed by atoms with E-state index in [0.717, 1.165) is 11.5 Å². The lowest BCUT2D eigenvalue weighted by Gasteiger charge is -2.30. The Balaban J connectivity index is 2.25. The molecule has 21 heavy (non-hydrogen) atoms. The fraction of sp³-hybridized carbons (Fsp3) is 0.667. The van der Waals surface area contributed by atoms with Crippen molar-refractivity contribution in [1.82, 2.24) is 5.32 Å². The average Bonchev–Trinajstić information content (AvgIpc) is 2.49. The van der Waals surface area contributed by atoms with Crippen molar-refractivity contribution in [2.75, 3.05) is 21.3 Å². The standard InChI is InChI=1S/C18H29NO2/c1-19-18(14-9-7-5-4-6-8-10-14)16-13-15(20-2)11-12-17(16)21-3/h11-14,18-19H,4-10H2,1-3H3. The van der Waals surface area contributed by atoms with Gasteiger partial charge in [-0.05, 0) is 44.0 Å². The molecule has 0 heterocycles. The number of hydrogen-bond acceptors (Lipinski definition) is 3. The van der Waals surface area contributed by atoms with Crippen LogP contribution in [0.5, 0.6) is 11.5 Å². The number of benzene rings is 1. The molecule has 1 N–H and O–H groups in total. The minimum Gasteiger partial charge on any atom is -0.497 e. The van der Waals surface area contributed by atoms with Crippen LogP contribution >= 0.6 is 0 Å². The van der Waals surface area contributed by atoms with Crippen LogP contribution in [-0.2, 0) is 0 Å². The summed E-state index contributed by atoms with van der Waals surface area (Å²) in [5.74, 6) is 2.53. The molecule has 0 saturated heterocycles. The molecule has 0 radical (unpaired) electrons. The minimum absolute atomic E-state index is 0.341. The van der Waals surface area contributed by atoms with Gasteiger partial charge < -0.3 is 14.8 Å². The van der Waals surface area contributed by atoms with Gasteiger partial charge in [-0.15, -0.1) is 0 Å². The van der Waals surface area contributed by atoms with Crippen molar-refractivity contribution >= 4 is 0 Å². The quantitative estimate of drug-likeness (QED) is 0.876. The molecule has 2 rings (SSSR count). The van der Waals surface area contributed by atoms with Gasteiger partial charge in [0.15, 0.2) is 0 Å². The predicted molar refractivity (Wildman–Crippen MR) is 87.2 cm³/mol. The van der Waals surface area contributed by atoms with Crippen LogP contribution in [0, 0.1) is 5.92 Å². The third kappa shape index (κ3) is 4.13. The Bertz CT molecular complexity index is 425. The number of hydrogen-bond donors (Lipinski definition) is 1. The largest absolute Gasteiger partial charge is 0.497 e. The molecule has 1 aromatic carbocycles. The van der Waals surface area contributed by atoms with E-state index in [0.29, 0.717) is 12.0 Å². The molecule has 0 amide bonds. The lowest BCUT2D eigenvalue weighted by Crippen LogP contribution is -2.26. The highest BCUT2D eigenvalue weighted by Gasteiger charge is 2.25. The average molecular weight is 291 g/mol. The molecule has 1 aliphatic carbocycles. The summed E-state index contributed by atoms with van der Waals surface area (Å²) in [6.07, 6.45) is 9.44. The third-order valence-corrected chi connectivity index (χ3v) is 4.70. The van der Waals surface area contributed by atoms with Crippen molar-refractivity contribution in [3.8, 4) is 11.5 Å². The van der Waals surface area contributed by atoms with E-state index >= 15 is 0 Å². The topological polar surface area (TPSA) is 30.5 Å². The summed E-state index contributed by atoms with van der Waals surface area (Å²) in [6.45, 7) is 0. The molecular formula is C18H29NO2. The van der Waals surface area contributed by atoms with E-state index in [-0.39, 0.29) is 0 Å². The molecule has 118 valence electrons. The van der Waals surface area contributed by atoms with Crippen molar-refractivity contribution in [3.63, 3.8) is 0 Å². The zero-order valence-corrected chi connectivity index (χ0v) is 13.7. The Morgan fingerprint density at radius 3 is 2.24 bits per heavy atom. The Morgan fingerprint density at radius 1 is 1.00 bits per heavy atom. The molecule has 1 atom stereocenters. The van der Waals surface area contributed by atoms with Gasteiger partial charge in [0, 0.05) is 11.6 Å². The second-order valence-electron chi connectivity index (χ2n) is 5.98. The minimum atomic E-state index is 0.341. The van der Waals surface area contributed by atoms with Gasteiger partial charge in [0.25, 0.3) is 0 Å². The maximum Gasteiger partial charge on any atom is 0.123 e. The van der Waals surface area contributed by atoms with E-state index in [2.05, 4.69) is 18.4 Å². The smallest absolute Gasteiger partial charge is 0.123 e. The van der Waals surface area contributed by atoms with Crippen LogP contribution in [-0.4, -0.2) is 21.3 Å². The van der Waals surface area contributed by atoms with Crippen LogP contribution in [0.25, 0.3) is 0 Å². The molecule has 0 aromatic heterocycles. The molecule has 0 aliphatic heterocycles. The van der Waals surface area contributed by atoms with Crippen molar-refractivity contribution in [2.24, 2.45) is 5.92 Å². The highest BCUT2D eigenvalue weighted by molar-refractivity contribution is 5.42. The third-order valence-electron chi connectivity index (χ3n) is 4.70. The Kier molecular flexibility index (Phi) is 6.37. The summed E-state index contributed by atoms with van der Waals surface area (Å²) in [5, 5.41) is 3.53. The summed E-state index contributed by atoms with van der Waals surface area (Å²) in [5.41, 5.74) is 1.23. The summed E-state index contributed by atoms with van der Waals surface area (Å²) >= 11 is 0. The highest BCUT2D eigenvalue weighted by Crippen LogP contribution is 2.38. The van der Waals surface area contributed by atoms with Gasteiger partial charge in [-0.1, -0.05) is 32.1 Å². The van der Waals surface area contributed by atoms with Gasteiger partial charge in [0.2, 0.25) is 0 Å². The maximum atomic E-state index is 5.58. The first-order valence-corrected chi connectivity index (χ1v) is 8.19. The molecule has 1 saturated carbocycles. The Morgan fingerprint density at radius 2 is 1.67 bits per heavy atom. The van der Waals surface area contributed by atoms with Crippen molar-refractivity contribution in [1.29, 1.82) is 0 Å². The zero-order valence-electron chi connectivity index (χ0n) is 13.7. The summed E-state index contributed by atoms with van der Waals surface area (Å²) in [4.78, 5) is 0. The van der Waals surface area contributed by atoms with Crippen LogP contribution < -0.4 is 14.8 Å². The first-order valence-electron chi connectivity index (χ1n) is 8.19. The molecule has 3 heteroatoms. The lowest BCUT2D eigenvalue weighted by molar-refractivity contribution is 0.290. The SMILES string of the molecule is CNC(c1cc(OC)ccc1OC)C1CCCCCCC1. The predicted octanol–water partition coefficient (Wildman–Crippen LogP) is 4.32. The van der Waals surface area contributed by atoms with Crippen LogP contribution in [0.2, 0.25) is 0 Å². The van der Waals surface area contributed by atoms with Crippen LogP contribution in [0.4, 0.5) is 0 Å². The van der Waals surface area contributed by atoms with Gasteiger partial charge in [0.1, 0.15) is 11.5 Å². The summed E-state index contributed by atoms with van der Waals surface area (Å²) < 4.78 is 11.0. The van der Waals surface area contributed by atoms with E-state index < -0.39 is 0 Å². The number of nitrogens with one attached hydrogen (secondary N) is 1. The molecule has 1 aliphatic rings. The van der Waals surface area contributed by atoms with Crippen molar-refractivity contribution in [3.05, 3.63) is 23.8 Å². The van der Waals surface area contributed by atoms with Crippen LogP contribution in [0.15, 0.2) is 18.2 Å². The van der Waals surface area contributed by atoms with E-state index in [1.54, 1.807) is 14.2 Å². The fourth-order valence-electron chi connectivity index (χ4n) is 3.55. The van der Waals surface area contributed by atoms with E-state index in [9.17, 15) is 0 Å². The van der Waals surface area contributed by atoms with E-state index in [1.807, 2.05) is 12.1 Å². The van der Waals surface area contributed by atoms with Gasteiger partial charge in [-0.3, -0.25) is 0 Å². The van der Waals surface area contributed by atoms with Gasteiger partial charge in [-0.25, -0.2) is 0 Å². The van der Waals surface area contributed by atoms with E-state index in [1.165, 1.54) is 50.5 Å². The summed E-state index contributed by atoms with van der Waals surface area (Å²) in [7, 11) is 5.52. The van der Waals surface area contributed by atoms with Crippen LogP contribution in [0.3, 0.4) is 0 Å². The Hall–Kier alpha value is -1.22. The molecule has 0 spiro atoms. The normalized spacial score (nSPS) is 18.6. The molecule has 1 unspecified atom stereocenters. The molecular weight excluding hydrogens is 262 g/mol. The first-order chi connectivity index (χ1) is 10.3. The maximum absolute atomic E-state index is 5.58. The monoisotopic (exact) mass is 291 g/mol.